The molecule has 0 amide bonds. The zero-order valence-corrected chi connectivity index (χ0v) is 13.5. The molecular formula is C16H24N4S. The third kappa shape index (κ3) is 3.92. The monoisotopic (exact) mass is 304 g/mol. The van der Waals surface area contributed by atoms with Crippen molar-refractivity contribution < 1.29 is 0 Å². The lowest BCUT2D eigenvalue weighted by Gasteiger charge is -2.31. The quantitative estimate of drug-likeness (QED) is 0.887. The molecule has 1 saturated heterocycles. The van der Waals surface area contributed by atoms with Crippen LogP contribution in [0.4, 0.5) is 0 Å². The highest BCUT2D eigenvalue weighted by atomic mass is 32.1. The van der Waals surface area contributed by atoms with E-state index in [0.717, 1.165) is 25.3 Å². The molecule has 0 aliphatic carbocycles. The van der Waals surface area contributed by atoms with Crippen molar-refractivity contribution in [2.75, 3.05) is 13.1 Å². The maximum Gasteiger partial charge on any atom is 0.106 e. The van der Waals surface area contributed by atoms with Gasteiger partial charge in [-0.15, -0.1) is 11.3 Å². The molecule has 2 aromatic rings. The van der Waals surface area contributed by atoms with E-state index in [1.165, 1.54) is 42.9 Å². The van der Waals surface area contributed by atoms with Gasteiger partial charge in [-0.25, -0.2) is 9.97 Å². The van der Waals surface area contributed by atoms with Crippen molar-refractivity contribution in [2.24, 2.45) is 0 Å². The highest BCUT2D eigenvalue weighted by Gasteiger charge is 2.23. The lowest BCUT2D eigenvalue weighted by molar-refractivity contribution is 0.198. The van der Waals surface area contributed by atoms with Crippen molar-refractivity contribution in [2.45, 2.75) is 51.5 Å². The number of nitrogens with zero attached hydrogens (tertiary/aromatic N) is 3. The van der Waals surface area contributed by atoms with E-state index < -0.39 is 0 Å². The summed E-state index contributed by atoms with van der Waals surface area (Å²) in [5, 5.41) is 3.39. The van der Waals surface area contributed by atoms with Crippen molar-refractivity contribution in [3.63, 3.8) is 0 Å². The Hall–Kier alpha value is -1.20. The number of unbranched alkanes of at least 4 members (excludes halogenated alkanes) is 1. The fourth-order valence-electron chi connectivity index (χ4n) is 3.04. The minimum atomic E-state index is 0.612. The molecule has 1 N–H and O–H groups in total. The first-order valence-corrected chi connectivity index (χ1v) is 8.87. The molecule has 0 radical (unpaired) electrons. The molecule has 2 aromatic heterocycles. The van der Waals surface area contributed by atoms with Crippen LogP contribution in [0.15, 0.2) is 17.8 Å². The molecule has 0 bridgehead atoms. The van der Waals surface area contributed by atoms with Crippen molar-refractivity contribution in [1.82, 2.24) is 19.9 Å². The highest BCUT2D eigenvalue weighted by Crippen LogP contribution is 2.28. The largest absolute Gasteiger partial charge is 0.345 e. The average Bonchev–Trinajstić information content (AvgIpc) is 3.17. The van der Waals surface area contributed by atoms with Crippen LogP contribution in [0.2, 0.25) is 0 Å². The zero-order valence-electron chi connectivity index (χ0n) is 12.7. The van der Waals surface area contributed by atoms with E-state index in [-0.39, 0.29) is 0 Å². The Kier molecular flexibility index (Phi) is 5.04. The Bertz CT molecular complexity index is 534. The first-order chi connectivity index (χ1) is 10.3. The third-order valence-electron chi connectivity index (χ3n) is 4.15. The molecule has 3 heterocycles. The van der Waals surface area contributed by atoms with E-state index >= 15 is 0 Å². The average molecular weight is 304 g/mol. The Labute approximate surface area is 130 Å². The summed E-state index contributed by atoms with van der Waals surface area (Å²) in [5.41, 5.74) is 1.25. The predicted octanol–water partition coefficient (Wildman–Crippen LogP) is 3.59. The Morgan fingerprint density at radius 1 is 1.43 bits per heavy atom. The molecule has 1 atom stereocenters. The molecule has 1 aliphatic heterocycles. The van der Waals surface area contributed by atoms with Crippen molar-refractivity contribution in [1.29, 1.82) is 0 Å². The summed E-state index contributed by atoms with van der Waals surface area (Å²) in [4.78, 5) is 15.0. The molecule has 0 saturated carbocycles. The number of thiazole rings is 1. The van der Waals surface area contributed by atoms with Crippen LogP contribution in [-0.2, 0) is 13.0 Å². The van der Waals surface area contributed by atoms with Crippen molar-refractivity contribution in [3.05, 3.63) is 34.3 Å². The Morgan fingerprint density at radius 2 is 2.38 bits per heavy atom. The molecule has 1 fully saturated rings. The minimum absolute atomic E-state index is 0.612. The molecule has 3 rings (SSSR count). The summed E-state index contributed by atoms with van der Waals surface area (Å²) < 4.78 is 0. The van der Waals surface area contributed by atoms with Gasteiger partial charge in [-0.3, -0.25) is 4.90 Å². The topological polar surface area (TPSA) is 44.8 Å². The van der Waals surface area contributed by atoms with Crippen LogP contribution in [0.5, 0.6) is 0 Å². The highest BCUT2D eigenvalue weighted by molar-refractivity contribution is 7.09. The van der Waals surface area contributed by atoms with Crippen LogP contribution < -0.4 is 0 Å². The number of nitrogens with one attached hydrogen (secondary N) is 1. The van der Waals surface area contributed by atoms with Crippen LogP contribution in [0.25, 0.3) is 0 Å². The van der Waals surface area contributed by atoms with Gasteiger partial charge < -0.3 is 4.98 Å². The van der Waals surface area contributed by atoms with E-state index in [4.69, 9.17) is 0 Å². The first-order valence-electron chi connectivity index (χ1n) is 7.99. The molecule has 4 nitrogen and oxygen atoms in total. The molecule has 21 heavy (non-hydrogen) atoms. The van der Waals surface area contributed by atoms with Gasteiger partial charge in [-0.1, -0.05) is 13.3 Å². The molecule has 0 spiro atoms. The van der Waals surface area contributed by atoms with Gasteiger partial charge in [0, 0.05) is 48.9 Å². The molecular weight excluding hydrogens is 280 g/mol. The van der Waals surface area contributed by atoms with E-state index in [1.807, 2.05) is 12.4 Å². The summed E-state index contributed by atoms with van der Waals surface area (Å²) in [6.07, 6.45) is 9.97. The van der Waals surface area contributed by atoms with Gasteiger partial charge in [0.05, 0.1) is 5.01 Å². The third-order valence-corrected chi connectivity index (χ3v) is 5.09. The van der Waals surface area contributed by atoms with E-state index in [9.17, 15) is 0 Å². The predicted molar refractivity (Wildman–Crippen MR) is 86.6 cm³/mol. The first kappa shape index (κ1) is 14.7. The van der Waals surface area contributed by atoms with E-state index in [2.05, 4.69) is 32.2 Å². The summed E-state index contributed by atoms with van der Waals surface area (Å²) in [6, 6.07) is 0. The molecule has 5 heteroatoms. The van der Waals surface area contributed by atoms with Crippen LogP contribution >= 0.6 is 11.3 Å². The summed E-state index contributed by atoms with van der Waals surface area (Å²) in [7, 11) is 0. The number of imidazole rings is 1. The smallest absolute Gasteiger partial charge is 0.106 e. The minimum Gasteiger partial charge on any atom is -0.345 e. The Morgan fingerprint density at radius 3 is 3.19 bits per heavy atom. The number of rotatable bonds is 6. The number of piperidine rings is 1. The number of likely N-dealkylation sites (tertiary alicyclic amines) is 1. The second kappa shape index (κ2) is 7.18. The number of aryl methyl sites for hydroxylation is 1. The van der Waals surface area contributed by atoms with Gasteiger partial charge >= 0.3 is 0 Å². The molecule has 0 aromatic carbocycles. The van der Waals surface area contributed by atoms with Gasteiger partial charge in [0.25, 0.3) is 0 Å². The van der Waals surface area contributed by atoms with Gasteiger partial charge in [-0.2, -0.15) is 0 Å². The Balaban J connectivity index is 1.56. The summed E-state index contributed by atoms with van der Waals surface area (Å²) >= 11 is 1.79. The van der Waals surface area contributed by atoms with Crippen molar-refractivity contribution >= 4 is 11.3 Å². The lowest BCUT2D eigenvalue weighted by atomic mass is 9.99. The fraction of sp³-hybridized carbons (Fsp3) is 0.625. The van der Waals surface area contributed by atoms with Crippen LogP contribution in [0.1, 0.15) is 55.1 Å². The maximum atomic E-state index is 4.50. The van der Waals surface area contributed by atoms with Gasteiger partial charge in [0.2, 0.25) is 0 Å². The number of aromatic nitrogens is 3. The lowest BCUT2D eigenvalue weighted by Crippen LogP contribution is -2.33. The molecule has 1 aliphatic rings. The van der Waals surface area contributed by atoms with Gasteiger partial charge in [0.15, 0.2) is 0 Å². The fourth-order valence-corrected chi connectivity index (χ4v) is 3.80. The van der Waals surface area contributed by atoms with Crippen LogP contribution in [-0.4, -0.2) is 32.9 Å². The number of H-pyrrole nitrogens is 1. The van der Waals surface area contributed by atoms with E-state index in [1.54, 1.807) is 11.3 Å². The number of hydrogen-bond acceptors (Lipinski definition) is 4. The van der Waals surface area contributed by atoms with Crippen LogP contribution in [0.3, 0.4) is 0 Å². The summed E-state index contributed by atoms with van der Waals surface area (Å²) in [6.45, 7) is 5.51. The van der Waals surface area contributed by atoms with Crippen LogP contribution in [0, 0.1) is 0 Å². The van der Waals surface area contributed by atoms with Crippen molar-refractivity contribution in [3.8, 4) is 0 Å². The van der Waals surface area contributed by atoms with Gasteiger partial charge in [0.1, 0.15) is 5.82 Å². The van der Waals surface area contributed by atoms with E-state index in [0.29, 0.717) is 5.92 Å². The molecule has 114 valence electrons. The second-order valence-electron chi connectivity index (χ2n) is 5.90. The second-order valence-corrected chi connectivity index (χ2v) is 6.83. The normalized spacial score (nSPS) is 20.0. The SMILES string of the molecule is CCCCc1ncc(CN2CCC[C@H](c3nccs3)C2)[nH]1. The standard InChI is InChI=1S/C16H24N4S/c1-2-3-6-15-18-10-14(19-15)12-20-8-4-5-13(11-20)16-17-7-9-21-16/h7,9-10,13H,2-6,8,11-12H2,1H3,(H,18,19)/t13-/m0/s1. The molecule has 0 unspecified atom stereocenters. The zero-order chi connectivity index (χ0) is 14.5. The van der Waals surface area contributed by atoms with Gasteiger partial charge in [-0.05, 0) is 25.8 Å². The maximum absolute atomic E-state index is 4.50. The number of aromatic amines is 1. The number of hydrogen-bond donors (Lipinski definition) is 1. The summed E-state index contributed by atoms with van der Waals surface area (Å²) in [5.74, 6) is 1.75.